The highest BCUT2D eigenvalue weighted by Gasteiger charge is 2.61. The lowest BCUT2D eigenvalue weighted by Crippen LogP contribution is -2.63. The number of fused-ring (bicyclic) bond motifs is 2. The van der Waals surface area contributed by atoms with Crippen LogP contribution in [0.2, 0.25) is 0 Å². The van der Waals surface area contributed by atoms with E-state index in [1.165, 1.54) is 0 Å². The van der Waals surface area contributed by atoms with Gasteiger partial charge in [-0.3, -0.25) is 0 Å². The van der Waals surface area contributed by atoms with Crippen molar-refractivity contribution in [2.45, 2.75) is 76.6 Å². The van der Waals surface area contributed by atoms with Crippen LogP contribution >= 0.6 is 7.92 Å². The van der Waals surface area contributed by atoms with Crippen LogP contribution in [0.25, 0.3) is 0 Å². The van der Waals surface area contributed by atoms with Crippen molar-refractivity contribution in [3.63, 3.8) is 0 Å². The topological polar surface area (TPSA) is 27.7 Å². The Morgan fingerprint density at radius 1 is 1.00 bits per heavy atom. The van der Waals surface area contributed by atoms with Crippen LogP contribution < -0.4 is 0 Å². The highest BCUT2D eigenvalue weighted by Crippen LogP contribution is 2.68. The maximum Gasteiger partial charge on any atom is 0.173 e. The van der Waals surface area contributed by atoms with E-state index < -0.39 is 11.6 Å². The molecule has 0 N–H and O–H groups in total. The van der Waals surface area contributed by atoms with E-state index in [0.717, 1.165) is 12.8 Å². The summed E-state index contributed by atoms with van der Waals surface area (Å²) in [6.07, 6.45) is 1.66. The molecule has 4 unspecified atom stereocenters. The van der Waals surface area contributed by atoms with Gasteiger partial charge in [-0.2, -0.15) is 0 Å². The Hall–Kier alpha value is 0.310. The van der Waals surface area contributed by atoms with Crippen LogP contribution in [-0.4, -0.2) is 28.9 Å². The van der Waals surface area contributed by atoms with Gasteiger partial charge in [0.2, 0.25) is 0 Å². The number of rotatable bonds is 1. The summed E-state index contributed by atoms with van der Waals surface area (Å²) >= 11 is 0. The zero-order chi connectivity index (χ0) is 13.1. The highest BCUT2D eigenvalue weighted by atomic mass is 31.1. The van der Waals surface area contributed by atoms with E-state index in [2.05, 4.69) is 34.4 Å². The second kappa shape index (κ2) is 3.66. The van der Waals surface area contributed by atoms with Crippen LogP contribution in [0, 0.1) is 0 Å². The van der Waals surface area contributed by atoms with Crippen molar-refractivity contribution in [2.24, 2.45) is 0 Å². The van der Waals surface area contributed by atoms with Crippen LogP contribution in [0.3, 0.4) is 0 Å². The minimum absolute atomic E-state index is 0.116. The van der Waals surface area contributed by atoms with Crippen molar-refractivity contribution in [2.75, 3.05) is 6.66 Å². The lowest BCUT2D eigenvalue weighted by Gasteiger charge is -2.62. The van der Waals surface area contributed by atoms with Crippen LogP contribution in [0.4, 0.5) is 0 Å². The molecule has 0 spiro atoms. The first-order chi connectivity index (χ1) is 7.54. The minimum Gasteiger partial charge on any atom is -0.340 e. The lowest BCUT2D eigenvalue weighted by molar-refractivity contribution is -0.425. The molecule has 2 heterocycles. The van der Waals surface area contributed by atoms with Crippen molar-refractivity contribution in [3.8, 4) is 0 Å². The van der Waals surface area contributed by atoms with Gasteiger partial charge in [-0.1, -0.05) is 6.92 Å². The van der Waals surface area contributed by atoms with Gasteiger partial charge < -0.3 is 14.2 Å². The Morgan fingerprint density at radius 2 is 1.59 bits per heavy atom. The van der Waals surface area contributed by atoms with Crippen molar-refractivity contribution in [1.29, 1.82) is 0 Å². The van der Waals surface area contributed by atoms with Crippen LogP contribution in [0.5, 0.6) is 0 Å². The largest absolute Gasteiger partial charge is 0.340 e. The van der Waals surface area contributed by atoms with Crippen molar-refractivity contribution in [3.05, 3.63) is 0 Å². The normalized spacial score (nSPS) is 53.5. The van der Waals surface area contributed by atoms with E-state index in [1.54, 1.807) is 0 Å². The summed E-state index contributed by atoms with van der Waals surface area (Å²) in [4.78, 5) is 0. The van der Waals surface area contributed by atoms with E-state index in [-0.39, 0.29) is 18.6 Å². The third-order valence-electron chi connectivity index (χ3n) is 4.14. The van der Waals surface area contributed by atoms with Gasteiger partial charge in [0.05, 0.1) is 10.7 Å². The molecule has 17 heavy (non-hydrogen) atoms. The first kappa shape index (κ1) is 13.7. The van der Waals surface area contributed by atoms with E-state index in [1.807, 2.05) is 13.8 Å². The summed E-state index contributed by atoms with van der Waals surface area (Å²) in [5.41, 5.74) is 0. The molecular formula is C13H25O3P. The van der Waals surface area contributed by atoms with Crippen LogP contribution in [0.15, 0.2) is 0 Å². The third kappa shape index (κ3) is 2.16. The summed E-state index contributed by atoms with van der Waals surface area (Å²) in [6, 6.07) is 0. The molecule has 2 bridgehead atoms. The fourth-order valence-corrected chi connectivity index (χ4v) is 5.49. The average Bonchev–Trinajstić information content (AvgIpc) is 2.11. The molecule has 2 aliphatic rings. The van der Waals surface area contributed by atoms with Gasteiger partial charge in [-0.05, 0) is 55.6 Å². The Bertz CT molecular complexity index is 323. The predicted octanol–water partition coefficient (Wildman–Crippen LogP) is 3.86. The molecular weight excluding hydrogens is 235 g/mol. The first-order valence-electron chi connectivity index (χ1n) is 6.39. The van der Waals surface area contributed by atoms with Crippen LogP contribution in [-0.2, 0) is 14.2 Å². The summed E-state index contributed by atoms with van der Waals surface area (Å²) < 4.78 is 18.7. The standard InChI is InChI=1S/C13H25O3P/c1-8-11(4)15-12(5)9-13(6,16-11)17(7)10(2,3)14-12/h8-9H2,1-7H3. The molecule has 0 aromatic rings. The summed E-state index contributed by atoms with van der Waals surface area (Å²) in [5.74, 6) is -1.04. The van der Waals surface area contributed by atoms with Gasteiger partial charge in [0.15, 0.2) is 11.6 Å². The lowest BCUT2D eigenvalue weighted by atomic mass is 10.0. The third-order valence-corrected chi connectivity index (χ3v) is 7.52. The van der Waals surface area contributed by atoms with Gasteiger partial charge in [0.25, 0.3) is 0 Å². The van der Waals surface area contributed by atoms with Crippen molar-refractivity contribution in [1.82, 2.24) is 0 Å². The van der Waals surface area contributed by atoms with Gasteiger partial charge in [0, 0.05) is 6.42 Å². The Labute approximate surface area is 106 Å². The summed E-state index contributed by atoms with van der Waals surface area (Å²) in [6.45, 7) is 15.0. The summed E-state index contributed by atoms with van der Waals surface area (Å²) in [5, 5.41) is -0.277. The first-order valence-corrected chi connectivity index (χ1v) is 8.18. The molecule has 4 atom stereocenters. The van der Waals surface area contributed by atoms with E-state index in [4.69, 9.17) is 14.2 Å². The van der Waals surface area contributed by atoms with Crippen LogP contribution in [0.1, 0.15) is 54.4 Å². The molecule has 0 aliphatic carbocycles. The molecule has 3 nitrogen and oxygen atoms in total. The van der Waals surface area contributed by atoms with E-state index in [9.17, 15) is 0 Å². The monoisotopic (exact) mass is 260 g/mol. The Kier molecular flexibility index (Phi) is 2.96. The quantitative estimate of drug-likeness (QED) is 0.670. The molecule has 2 rings (SSSR count). The zero-order valence-corrected chi connectivity index (χ0v) is 13.0. The van der Waals surface area contributed by atoms with Gasteiger partial charge in [-0.25, -0.2) is 0 Å². The number of hydrogen-bond acceptors (Lipinski definition) is 3. The maximum absolute atomic E-state index is 6.32. The van der Waals surface area contributed by atoms with Gasteiger partial charge >= 0.3 is 0 Å². The molecule has 0 aromatic carbocycles. The smallest absolute Gasteiger partial charge is 0.173 e. The summed E-state index contributed by atoms with van der Waals surface area (Å²) in [7, 11) is -0.376. The molecule has 100 valence electrons. The molecule has 2 saturated heterocycles. The van der Waals surface area contributed by atoms with Crippen molar-refractivity contribution < 1.29 is 14.2 Å². The SMILES string of the molecule is CCC1(C)OC2(C)CC(C)(O1)P(C)C(C)(C)O2. The molecule has 4 heteroatoms. The molecule has 0 aromatic heterocycles. The Morgan fingerprint density at radius 3 is 2.12 bits per heavy atom. The van der Waals surface area contributed by atoms with E-state index in [0.29, 0.717) is 0 Å². The molecule has 2 aliphatic heterocycles. The Balaban J connectivity index is 2.40. The van der Waals surface area contributed by atoms with Crippen molar-refractivity contribution >= 4 is 7.92 Å². The highest BCUT2D eigenvalue weighted by molar-refractivity contribution is 7.59. The number of ether oxygens (including phenoxy) is 3. The number of hydrogen-bond donors (Lipinski definition) is 0. The van der Waals surface area contributed by atoms with E-state index >= 15 is 0 Å². The fourth-order valence-electron chi connectivity index (χ4n) is 3.17. The fraction of sp³-hybridized carbons (Fsp3) is 1.00. The maximum atomic E-state index is 6.32. The van der Waals surface area contributed by atoms with Gasteiger partial charge in [-0.15, -0.1) is 0 Å². The second-order valence-corrected chi connectivity index (χ2v) is 9.43. The second-order valence-electron chi connectivity index (χ2n) is 6.28. The molecule has 0 radical (unpaired) electrons. The predicted molar refractivity (Wildman–Crippen MR) is 70.3 cm³/mol. The van der Waals surface area contributed by atoms with Gasteiger partial charge in [0.1, 0.15) is 0 Å². The average molecular weight is 260 g/mol. The molecule has 0 amide bonds. The zero-order valence-electron chi connectivity index (χ0n) is 12.1. The molecule has 2 fully saturated rings. The minimum atomic E-state index is -0.519. The molecule has 0 saturated carbocycles.